The first-order valence-corrected chi connectivity index (χ1v) is 7.20. The molecule has 1 saturated heterocycles. The van der Waals surface area contributed by atoms with Crippen LogP contribution in [0.15, 0.2) is 73.4 Å². The third-order valence-electron chi connectivity index (χ3n) is 3.22. The van der Waals surface area contributed by atoms with Gasteiger partial charge in [-0.3, -0.25) is 0 Å². The molecule has 2 unspecified atom stereocenters. The Labute approximate surface area is 131 Å². The summed E-state index contributed by atoms with van der Waals surface area (Å²) in [6.45, 7) is 8.47. The Kier molecular flexibility index (Phi) is 5.92. The van der Waals surface area contributed by atoms with Gasteiger partial charge >= 0.3 is 5.97 Å². The number of carbonyl (C=O) groups excluding carboxylic acids is 1. The average molecular weight is 296 g/mol. The molecule has 1 aromatic carbocycles. The van der Waals surface area contributed by atoms with Crippen molar-refractivity contribution in [2.45, 2.75) is 6.10 Å². The highest BCUT2D eigenvalue weighted by Gasteiger charge is 2.25. The van der Waals surface area contributed by atoms with Gasteiger partial charge < -0.3 is 9.47 Å². The van der Waals surface area contributed by atoms with Crippen molar-refractivity contribution < 1.29 is 14.3 Å². The molecule has 0 saturated carbocycles. The number of benzene rings is 1. The molecule has 3 heteroatoms. The van der Waals surface area contributed by atoms with E-state index < -0.39 is 5.97 Å². The molecule has 0 spiro atoms. The van der Waals surface area contributed by atoms with Crippen LogP contribution in [0.5, 0.6) is 0 Å². The molecule has 0 amide bonds. The third kappa shape index (κ3) is 5.19. The minimum atomic E-state index is -0.396. The van der Waals surface area contributed by atoms with Crippen LogP contribution < -0.4 is 0 Å². The van der Waals surface area contributed by atoms with Crippen LogP contribution in [-0.4, -0.2) is 25.3 Å². The standard InChI is InChI=1S/C19H20O3/c1-3-4-10-17(12-11-16-8-6-5-7-9-16)15(2)19(20)22-14-18-13-21-18/h3-12,17-18H,1-2,13-14H2. The first-order chi connectivity index (χ1) is 10.7. The molecule has 0 N–H and O–H groups in total. The van der Waals surface area contributed by atoms with Crippen LogP contribution in [-0.2, 0) is 14.3 Å². The Hall–Kier alpha value is -2.39. The minimum Gasteiger partial charge on any atom is -0.459 e. The lowest BCUT2D eigenvalue weighted by Gasteiger charge is -2.11. The first kappa shape index (κ1) is 16.0. The fourth-order valence-electron chi connectivity index (χ4n) is 1.84. The van der Waals surface area contributed by atoms with Crippen LogP contribution in [0.25, 0.3) is 6.08 Å². The second-order valence-corrected chi connectivity index (χ2v) is 5.00. The largest absolute Gasteiger partial charge is 0.459 e. The molecule has 1 aromatic rings. The summed E-state index contributed by atoms with van der Waals surface area (Å²) in [5.74, 6) is -0.627. The number of hydrogen-bond acceptors (Lipinski definition) is 3. The lowest BCUT2D eigenvalue weighted by molar-refractivity contribution is -0.139. The molecule has 1 fully saturated rings. The molecule has 0 aliphatic carbocycles. The van der Waals surface area contributed by atoms with E-state index in [0.717, 1.165) is 5.56 Å². The highest BCUT2D eigenvalue weighted by molar-refractivity contribution is 5.89. The molecule has 22 heavy (non-hydrogen) atoms. The molecule has 1 aliphatic rings. The normalized spacial score (nSPS) is 18.3. The van der Waals surface area contributed by atoms with Gasteiger partial charge in [-0.2, -0.15) is 0 Å². The van der Waals surface area contributed by atoms with Gasteiger partial charge in [-0.05, 0) is 5.56 Å². The van der Waals surface area contributed by atoms with E-state index >= 15 is 0 Å². The zero-order chi connectivity index (χ0) is 15.8. The lowest BCUT2D eigenvalue weighted by Crippen LogP contribution is -2.15. The minimum absolute atomic E-state index is 0.0544. The Balaban J connectivity index is 2.02. The molecule has 0 aromatic heterocycles. The number of carbonyl (C=O) groups is 1. The number of ether oxygens (including phenoxy) is 2. The summed E-state index contributed by atoms with van der Waals surface area (Å²) in [6.07, 6.45) is 9.26. The Morgan fingerprint density at radius 2 is 2.09 bits per heavy atom. The molecular weight excluding hydrogens is 276 g/mol. The highest BCUT2D eigenvalue weighted by Crippen LogP contribution is 2.18. The summed E-state index contributed by atoms with van der Waals surface area (Å²) in [5, 5.41) is 0. The van der Waals surface area contributed by atoms with Crippen molar-refractivity contribution in [1.82, 2.24) is 0 Å². The lowest BCUT2D eigenvalue weighted by atomic mass is 9.98. The molecule has 2 rings (SSSR count). The summed E-state index contributed by atoms with van der Waals surface area (Å²) < 4.78 is 10.2. The number of allylic oxidation sites excluding steroid dienone is 4. The van der Waals surface area contributed by atoms with E-state index in [1.54, 1.807) is 12.2 Å². The van der Waals surface area contributed by atoms with E-state index in [-0.39, 0.29) is 18.6 Å². The smallest absolute Gasteiger partial charge is 0.334 e. The first-order valence-electron chi connectivity index (χ1n) is 7.20. The number of hydrogen-bond donors (Lipinski definition) is 0. The molecule has 3 nitrogen and oxygen atoms in total. The molecule has 1 heterocycles. The van der Waals surface area contributed by atoms with Crippen molar-refractivity contribution >= 4 is 12.0 Å². The van der Waals surface area contributed by atoms with Gasteiger partial charge in [-0.15, -0.1) is 0 Å². The SMILES string of the molecule is C=CC=CC(C=Cc1ccccc1)C(=C)C(=O)OCC1CO1. The zero-order valence-electron chi connectivity index (χ0n) is 12.5. The Morgan fingerprint density at radius 3 is 2.73 bits per heavy atom. The maximum absolute atomic E-state index is 12.0. The van der Waals surface area contributed by atoms with E-state index in [1.807, 2.05) is 48.6 Å². The van der Waals surface area contributed by atoms with Crippen molar-refractivity contribution in [2.75, 3.05) is 13.2 Å². The van der Waals surface area contributed by atoms with Crippen molar-refractivity contribution in [3.63, 3.8) is 0 Å². The molecule has 0 radical (unpaired) electrons. The second-order valence-electron chi connectivity index (χ2n) is 5.00. The van der Waals surface area contributed by atoms with Crippen LogP contribution in [0.3, 0.4) is 0 Å². The van der Waals surface area contributed by atoms with Gasteiger partial charge in [0.1, 0.15) is 12.7 Å². The monoisotopic (exact) mass is 296 g/mol. The summed E-state index contributed by atoms with van der Waals surface area (Å²) in [6, 6.07) is 9.88. The summed E-state index contributed by atoms with van der Waals surface area (Å²) >= 11 is 0. The fourth-order valence-corrected chi connectivity index (χ4v) is 1.84. The maximum Gasteiger partial charge on any atom is 0.334 e. The maximum atomic E-state index is 12.0. The van der Waals surface area contributed by atoms with Gasteiger partial charge in [-0.25, -0.2) is 4.79 Å². The van der Waals surface area contributed by atoms with Gasteiger partial charge in [0.25, 0.3) is 0 Å². The quantitative estimate of drug-likeness (QED) is 0.319. The van der Waals surface area contributed by atoms with Gasteiger partial charge in [-0.1, -0.05) is 73.9 Å². The second kappa shape index (κ2) is 8.15. The van der Waals surface area contributed by atoms with Gasteiger partial charge in [0.2, 0.25) is 0 Å². The Morgan fingerprint density at radius 1 is 1.36 bits per heavy atom. The Bertz CT molecular complexity index is 580. The van der Waals surface area contributed by atoms with E-state index in [4.69, 9.17) is 9.47 Å². The zero-order valence-corrected chi connectivity index (χ0v) is 12.5. The van der Waals surface area contributed by atoms with Crippen LogP contribution in [0.4, 0.5) is 0 Å². The number of esters is 1. The van der Waals surface area contributed by atoms with Crippen molar-refractivity contribution in [1.29, 1.82) is 0 Å². The van der Waals surface area contributed by atoms with Crippen molar-refractivity contribution in [3.05, 3.63) is 78.9 Å². The number of rotatable bonds is 8. The summed E-state index contributed by atoms with van der Waals surface area (Å²) in [7, 11) is 0. The molecule has 2 atom stereocenters. The highest BCUT2D eigenvalue weighted by atomic mass is 16.6. The van der Waals surface area contributed by atoms with Gasteiger partial charge in [0.15, 0.2) is 0 Å². The predicted octanol–water partition coefficient (Wildman–Crippen LogP) is 3.56. The van der Waals surface area contributed by atoms with E-state index in [9.17, 15) is 4.79 Å². The van der Waals surface area contributed by atoms with Crippen LogP contribution in [0, 0.1) is 5.92 Å². The average Bonchev–Trinajstić information content (AvgIpc) is 3.37. The molecule has 114 valence electrons. The predicted molar refractivity (Wildman–Crippen MR) is 88.1 cm³/mol. The van der Waals surface area contributed by atoms with Crippen LogP contribution >= 0.6 is 0 Å². The van der Waals surface area contributed by atoms with Crippen LogP contribution in [0.2, 0.25) is 0 Å². The summed E-state index contributed by atoms with van der Waals surface area (Å²) in [4.78, 5) is 12.0. The molecule has 0 bridgehead atoms. The van der Waals surface area contributed by atoms with E-state index in [1.165, 1.54) is 0 Å². The molecular formula is C19H20O3. The number of epoxide rings is 1. The third-order valence-corrected chi connectivity index (χ3v) is 3.22. The topological polar surface area (TPSA) is 38.8 Å². The fraction of sp³-hybridized carbons (Fsp3) is 0.211. The van der Waals surface area contributed by atoms with E-state index in [0.29, 0.717) is 12.2 Å². The van der Waals surface area contributed by atoms with Crippen LogP contribution in [0.1, 0.15) is 5.56 Å². The van der Waals surface area contributed by atoms with E-state index in [2.05, 4.69) is 13.2 Å². The van der Waals surface area contributed by atoms with Gasteiger partial charge in [0.05, 0.1) is 6.61 Å². The molecule has 1 aliphatic heterocycles. The van der Waals surface area contributed by atoms with Crippen molar-refractivity contribution in [3.8, 4) is 0 Å². The van der Waals surface area contributed by atoms with Gasteiger partial charge in [0, 0.05) is 11.5 Å². The summed E-state index contributed by atoms with van der Waals surface area (Å²) in [5.41, 5.74) is 1.46. The van der Waals surface area contributed by atoms with Crippen molar-refractivity contribution in [2.24, 2.45) is 5.92 Å².